The molecule has 32 heavy (non-hydrogen) atoms. The van der Waals surface area contributed by atoms with Gasteiger partial charge in [-0.1, -0.05) is 30.3 Å². The second kappa shape index (κ2) is 12.4. The molecule has 12 nitrogen and oxygen atoms in total. The van der Waals surface area contributed by atoms with Gasteiger partial charge in [0.15, 0.2) is 0 Å². The fourth-order valence-electron chi connectivity index (χ4n) is 2.58. The van der Waals surface area contributed by atoms with Crippen LogP contribution in [0.25, 0.3) is 0 Å². The van der Waals surface area contributed by atoms with E-state index in [1.54, 1.807) is 30.3 Å². The van der Waals surface area contributed by atoms with Gasteiger partial charge in [0.1, 0.15) is 24.2 Å². The first kappa shape index (κ1) is 26.5. The number of carboxylic acids is 2. The minimum Gasteiger partial charge on any atom is -0.481 e. The Morgan fingerprint density at radius 1 is 0.875 bits per heavy atom. The number of hydrogen-bond donors (Lipinski definition) is 7. The average molecular weight is 452 g/mol. The van der Waals surface area contributed by atoms with Crippen LogP contribution in [0, 0.1) is 0 Å². The Hall–Kier alpha value is -3.51. The van der Waals surface area contributed by atoms with E-state index in [2.05, 4.69) is 16.0 Å². The van der Waals surface area contributed by atoms with Gasteiger partial charge < -0.3 is 37.0 Å². The maximum atomic E-state index is 12.7. The number of nitrogens with one attached hydrogen (secondary N) is 3. The lowest BCUT2D eigenvalue weighted by molar-refractivity contribution is -0.143. The molecule has 0 radical (unpaired) electrons. The molecule has 0 fully saturated rings. The summed E-state index contributed by atoms with van der Waals surface area (Å²) in [7, 11) is 0. The van der Waals surface area contributed by atoms with E-state index in [1.165, 1.54) is 13.8 Å². The highest BCUT2D eigenvalue weighted by atomic mass is 16.4. The predicted molar refractivity (Wildman–Crippen MR) is 111 cm³/mol. The molecule has 8 N–H and O–H groups in total. The normalized spacial score (nSPS) is 15.4. The van der Waals surface area contributed by atoms with Crippen LogP contribution in [0.2, 0.25) is 0 Å². The summed E-state index contributed by atoms with van der Waals surface area (Å²) in [6.07, 6.45) is -2.08. The van der Waals surface area contributed by atoms with Crippen LogP contribution < -0.4 is 21.7 Å². The molecule has 3 amide bonds. The summed E-state index contributed by atoms with van der Waals surface area (Å²) in [5.74, 6) is -5.44. The Labute approximate surface area is 184 Å². The molecule has 0 aromatic heterocycles. The summed E-state index contributed by atoms with van der Waals surface area (Å²) in [5.41, 5.74) is 6.16. The van der Waals surface area contributed by atoms with Crippen LogP contribution in [0.5, 0.6) is 0 Å². The molecular formula is C20H28N4O8. The van der Waals surface area contributed by atoms with E-state index < -0.39 is 66.4 Å². The number of amides is 3. The van der Waals surface area contributed by atoms with E-state index in [9.17, 15) is 29.1 Å². The van der Waals surface area contributed by atoms with Gasteiger partial charge in [-0.05, 0) is 19.4 Å². The molecule has 0 saturated carbocycles. The van der Waals surface area contributed by atoms with Crippen molar-refractivity contribution < 1.29 is 39.3 Å². The first-order valence-electron chi connectivity index (χ1n) is 9.75. The third-order valence-electron chi connectivity index (χ3n) is 4.48. The largest absolute Gasteiger partial charge is 0.481 e. The molecule has 0 aliphatic heterocycles. The van der Waals surface area contributed by atoms with Gasteiger partial charge >= 0.3 is 11.9 Å². The highest BCUT2D eigenvalue weighted by molar-refractivity contribution is 5.95. The zero-order valence-electron chi connectivity index (χ0n) is 17.6. The molecule has 0 saturated heterocycles. The molecule has 12 heteroatoms. The molecule has 5 atom stereocenters. The molecule has 1 rings (SSSR count). The van der Waals surface area contributed by atoms with Crippen LogP contribution in [-0.4, -0.2) is 75.3 Å². The van der Waals surface area contributed by atoms with Gasteiger partial charge in [-0.15, -0.1) is 0 Å². The standard InChI is InChI=1S/C20H28N4O8/c1-10(20(31)32)22-17(28)13(8-12-6-4-3-5-7-12)23-18(29)14(9-15(26)27)24-19(30)16(21)11(2)25/h3-7,10-11,13-14,16,25H,8-9,21H2,1-2H3,(H,22,28)(H,23,29)(H,24,30)(H,26,27)(H,31,32). The van der Waals surface area contributed by atoms with Crippen molar-refractivity contribution in [2.24, 2.45) is 5.73 Å². The Bertz CT molecular complexity index is 830. The summed E-state index contributed by atoms with van der Waals surface area (Å²) >= 11 is 0. The molecule has 0 aliphatic carbocycles. The number of carbonyl (C=O) groups excluding carboxylic acids is 3. The Morgan fingerprint density at radius 3 is 1.91 bits per heavy atom. The fraction of sp³-hybridized carbons (Fsp3) is 0.450. The second-order valence-corrected chi connectivity index (χ2v) is 7.24. The molecule has 0 aliphatic rings. The van der Waals surface area contributed by atoms with Crippen LogP contribution in [0.1, 0.15) is 25.8 Å². The third kappa shape index (κ3) is 8.70. The van der Waals surface area contributed by atoms with Crippen molar-refractivity contribution in [2.45, 2.75) is 57.0 Å². The molecule has 176 valence electrons. The minimum atomic E-state index is -1.59. The summed E-state index contributed by atoms with van der Waals surface area (Å²) in [5, 5.41) is 34.3. The number of rotatable bonds is 12. The van der Waals surface area contributed by atoms with E-state index in [4.69, 9.17) is 15.9 Å². The number of hydrogen-bond acceptors (Lipinski definition) is 7. The van der Waals surface area contributed by atoms with Gasteiger partial charge in [-0.25, -0.2) is 0 Å². The lowest BCUT2D eigenvalue weighted by atomic mass is 10.0. The average Bonchev–Trinajstić information content (AvgIpc) is 2.72. The topological polar surface area (TPSA) is 208 Å². The molecule has 5 unspecified atom stereocenters. The maximum absolute atomic E-state index is 12.7. The van der Waals surface area contributed by atoms with E-state index in [-0.39, 0.29) is 6.42 Å². The number of carboxylic acid groups (broad SMARTS) is 2. The first-order valence-corrected chi connectivity index (χ1v) is 9.75. The van der Waals surface area contributed by atoms with Crippen LogP contribution in [-0.2, 0) is 30.4 Å². The summed E-state index contributed by atoms with van der Waals surface area (Å²) in [6, 6.07) is 3.03. The Morgan fingerprint density at radius 2 is 1.41 bits per heavy atom. The third-order valence-corrected chi connectivity index (χ3v) is 4.48. The van der Waals surface area contributed by atoms with Crippen molar-refractivity contribution in [3.05, 3.63) is 35.9 Å². The number of nitrogens with two attached hydrogens (primary N) is 1. The van der Waals surface area contributed by atoms with E-state index >= 15 is 0 Å². The van der Waals surface area contributed by atoms with Gasteiger partial charge in [0.05, 0.1) is 12.5 Å². The molecule has 0 spiro atoms. The minimum absolute atomic E-state index is 0.0221. The van der Waals surface area contributed by atoms with Gasteiger partial charge in [-0.2, -0.15) is 0 Å². The van der Waals surface area contributed by atoms with Crippen LogP contribution >= 0.6 is 0 Å². The Balaban J connectivity index is 3.06. The zero-order chi connectivity index (χ0) is 24.4. The summed E-state index contributed by atoms with van der Waals surface area (Å²) in [6.45, 7) is 2.49. The lowest BCUT2D eigenvalue weighted by Crippen LogP contribution is -2.58. The van der Waals surface area contributed by atoms with Crippen molar-refractivity contribution in [1.29, 1.82) is 0 Å². The second-order valence-electron chi connectivity index (χ2n) is 7.24. The molecule has 0 heterocycles. The number of carbonyl (C=O) groups is 5. The quantitative estimate of drug-likeness (QED) is 0.186. The number of aliphatic hydroxyl groups is 1. The highest BCUT2D eigenvalue weighted by Gasteiger charge is 2.31. The maximum Gasteiger partial charge on any atom is 0.325 e. The highest BCUT2D eigenvalue weighted by Crippen LogP contribution is 2.06. The first-order chi connectivity index (χ1) is 14.9. The van der Waals surface area contributed by atoms with Crippen molar-refractivity contribution in [3.8, 4) is 0 Å². The number of benzene rings is 1. The molecule has 1 aromatic carbocycles. The van der Waals surface area contributed by atoms with Gasteiger partial charge in [0.2, 0.25) is 17.7 Å². The van der Waals surface area contributed by atoms with Gasteiger partial charge in [0, 0.05) is 6.42 Å². The van der Waals surface area contributed by atoms with Crippen molar-refractivity contribution in [2.75, 3.05) is 0 Å². The number of aliphatic carboxylic acids is 2. The van der Waals surface area contributed by atoms with E-state index in [0.29, 0.717) is 5.56 Å². The zero-order valence-corrected chi connectivity index (χ0v) is 17.6. The van der Waals surface area contributed by atoms with Crippen molar-refractivity contribution in [3.63, 3.8) is 0 Å². The van der Waals surface area contributed by atoms with Gasteiger partial charge in [0.25, 0.3) is 0 Å². The number of aliphatic hydroxyl groups excluding tert-OH is 1. The van der Waals surface area contributed by atoms with Crippen molar-refractivity contribution >= 4 is 29.7 Å². The predicted octanol–water partition coefficient (Wildman–Crippen LogP) is -2.03. The molecule has 1 aromatic rings. The molecular weight excluding hydrogens is 424 g/mol. The Kier molecular flexibility index (Phi) is 10.3. The smallest absolute Gasteiger partial charge is 0.325 e. The SMILES string of the molecule is CC(NC(=O)C(Cc1ccccc1)NC(=O)C(CC(=O)O)NC(=O)C(N)C(C)O)C(=O)O. The van der Waals surface area contributed by atoms with Gasteiger partial charge in [-0.3, -0.25) is 24.0 Å². The van der Waals surface area contributed by atoms with Crippen LogP contribution in [0.15, 0.2) is 30.3 Å². The van der Waals surface area contributed by atoms with Crippen LogP contribution in [0.3, 0.4) is 0 Å². The van der Waals surface area contributed by atoms with Crippen LogP contribution in [0.4, 0.5) is 0 Å². The summed E-state index contributed by atoms with van der Waals surface area (Å²) in [4.78, 5) is 59.7. The fourth-order valence-corrected chi connectivity index (χ4v) is 2.58. The lowest BCUT2D eigenvalue weighted by Gasteiger charge is -2.24. The van der Waals surface area contributed by atoms with E-state index in [0.717, 1.165) is 0 Å². The van der Waals surface area contributed by atoms with E-state index in [1.807, 2.05) is 0 Å². The summed E-state index contributed by atoms with van der Waals surface area (Å²) < 4.78 is 0. The van der Waals surface area contributed by atoms with Crippen molar-refractivity contribution in [1.82, 2.24) is 16.0 Å². The monoisotopic (exact) mass is 452 g/mol. The molecule has 0 bridgehead atoms.